The van der Waals surface area contributed by atoms with Crippen molar-refractivity contribution in [2.24, 2.45) is 0 Å². The number of nitrogens with one attached hydrogen (secondary N) is 1. The van der Waals surface area contributed by atoms with Crippen LogP contribution in [-0.4, -0.2) is 58.0 Å². The van der Waals surface area contributed by atoms with Crippen molar-refractivity contribution >= 4 is 50.7 Å². The van der Waals surface area contributed by atoms with Crippen molar-refractivity contribution in [2.75, 3.05) is 25.1 Å². The summed E-state index contributed by atoms with van der Waals surface area (Å²) in [5.74, 6) is -0.424. The Labute approximate surface area is 270 Å². The molecule has 0 fully saturated rings. The summed E-state index contributed by atoms with van der Waals surface area (Å²) in [6, 6.07) is 13.4. The van der Waals surface area contributed by atoms with Gasteiger partial charge in [-0.3, -0.25) is 13.9 Å². The molecule has 0 bridgehead atoms. The first-order valence-corrected chi connectivity index (χ1v) is 16.3. The van der Waals surface area contributed by atoms with Gasteiger partial charge in [-0.15, -0.1) is 0 Å². The Hall–Kier alpha value is -3.47. The Morgan fingerprint density at radius 3 is 2.02 bits per heavy atom. The molecule has 1 N–H and O–H groups in total. The third-order valence-electron chi connectivity index (χ3n) is 6.92. The first-order chi connectivity index (χ1) is 20.7. The van der Waals surface area contributed by atoms with Crippen molar-refractivity contribution in [3.05, 3.63) is 81.3 Å². The normalized spacial score (nSPS) is 12.0. The quantitative estimate of drug-likeness (QED) is 0.235. The number of aryl methyl sites for hydroxylation is 2. The summed E-state index contributed by atoms with van der Waals surface area (Å²) >= 11 is 13.0. The van der Waals surface area contributed by atoms with E-state index in [-0.39, 0.29) is 35.6 Å². The van der Waals surface area contributed by atoms with E-state index < -0.39 is 28.5 Å². The number of anilines is 1. The predicted molar refractivity (Wildman–Crippen MR) is 174 cm³/mol. The van der Waals surface area contributed by atoms with Crippen molar-refractivity contribution in [3.8, 4) is 11.5 Å². The summed E-state index contributed by atoms with van der Waals surface area (Å²) < 4.78 is 40.3. The van der Waals surface area contributed by atoms with Crippen molar-refractivity contribution in [1.82, 2.24) is 10.2 Å². The third kappa shape index (κ3) is 8.16. The first kappa shape index (κ1) is 35.0. The molecular formula is C32H39Cl2N3O6S. The van der Waals surface area contributed by atoms with E-state index in [1.165, 1.54) is 37.3 Å². The van der Waals surface area contributed by atoms with Crippen molar-refractivity contribution < 1.29 is 27.5 Å². The molecular weight excluding hydrogens is 625 g/mol. The van der Waals surface area contributed by atoms with Gasteiger partial charge in [0, 0.05) is 34.3 Å². The van der Waals surface area contributed by atoms with Crippen LogP contribution in [0.5, 0.6) is 11.5 Å². The largest absolute Gasteiger partial charge is 0.493 e. The maximum absolute atomic E-state index is 14.3. The fourth-order valence-electron chi connectivity index (χ4n) is 4.88. The third-order valence-corrected chi connectivity index (χ3v) is 9.40. The molecule has 44 heavy (non-hydrogen) atoms. The van der Waals surface area contributed by atoms with E-state index in [0.717, 1.165) is 15.4 Å². The number of carbonyl (C=O) groups excluding carboxylic acids is 2. The molecule has 2 amide bonds. The van der Waals surface area contributed by atoms with Crippen LogP contribution in [0.3, 0.4) is 0 Å². The Kier molecular flexibility index (Phi) is 11.9. The lowest BCUT2D eigenvalue weighted by Crippen LogP contribution is -2.53. The number of amides is 2. The molecule has 12 heteroatoms. The number of nitrogens with zero attached hydrogens (tertiary/aromatic N) is 2. The summed E-state index contributed by atoms with van der Waals surface area (Å²) in [4.78, 5) is 28.9. The maximum Gasteiger partial charge on any atom is 0.264 e. The zero-order chi connectivity index (χ0) is 32.8. The molecule has 0 aromatic heterocycles. The van der Waals surface area contributed by atoms with Crippen LogP contribution in [0.15, 0.2) is 59.5 Å². The van der Waals surface area contributed by atoms with Gasteiger partial charge in [-0.1, -0.05) is 42.3 Å². The van der Waals surface area contributed by atoms with Gasteiger partial charge < -0.3 is 19.7 Å². The van der Waals surface area contributed by atoms with E-state index in [4.69, 9.17) is 32.7 Å². The van der Waals surface area contributed by atoms with Crippen molar-refractivity contribution in [1.29, 1.82) is 0 Å². The number of hydrogen-bond donors (Lipinski definition) is 1. The molecule has 9 nitrogen and oxygen atoms in total. The van der Waals surface area contributed by atoms with E-state index in [0.29, 0.717) is 27.0 Å². The number of sulfonamides is 1. The van der Waals surface area contributed by atoms with Crippen LogP contribution in [-0.2, 0) is 26.2 Å². The molecule has 0 aliphatic carbocycles. The zero-order valence-electron chi connectivity index (χ0n) is 26.0. The number of benzene rings is 3. The number of rotatable bonds is 13. The topological polar surface area (TPSA) is 105 Å². The molecule has 0 unspecified atom stereocenters. The Balaban J connectivity index is 2.18. The molecule has 0 heterocycles. The average Bonchev–Trinajstić information content (AvgIpc) is 2.95. The highest BCUT2D eigenvalue weighted by Gasteiger charge is 2.35. The molecule has 3 rings (SSSR count). The highest BCUT2D eigenvalue weighted by atomic mass is 35.5. The summed E-state index contributed by atoms with van der Waals surface area (Å²) in [6.45, 7) is 8.38. The van der Waals surface area contributed by atoms with Gasteiger partial charge in [0.25, 0.3) is 10.0 Å². The summed E-state index contributed by atoms with van der Waals surface area (Å²) in [7, 11) is -1.48. The highest BCUT2D eigenvalue weighted by Crippen LogP contribution is 2.33. The van der Waals surface area contributed by atoms with E-state index in [1.807, 2.05) is 33.8 Å². The second-order valence-electron chi connectivity index (χ2n) is 10.7. The fourth-order valence-corrected chi connectivity index (χ4v) is 6.81. The standard InChI is InChI=1S/C32H39Cl2N3O6S/c1-8-28(32(39)35-20(2)3)36(18-25-26(33)10-9-11-27(25)34)31(38)19-37(23-15-21(4)14-22(5)16-23)44(40,41)24-12-13-29(42-6)30(17-24)43-7/h9-17,20,28H,8,18-19H2,1-7H3,(H,35,39)/t28-/m1/s1. The minimum absolute atomic E-state index is 0.104. The molecule has 238 valence electrons. The van der Waals surface area contributed by atoms with Crippen LogP contribution >= 0.6 is 23.2 Å². The molecule has 3 aromatic rings. The molecule has 1 atom stereocenters. The Morgan fingerprint density at radius 1 is 0.909 bits per heavy atom. The van der Waals surface area contributed by atoms with Gasteiger partial charge in [0.05, 0.1) is 24.8 Å². The Bertz CT molecular complexity index is 1570. The average molecular weight is 665 g/mol. The van der Waals surface area contributed by atoms with Crippen LogP contribution in [0.2, 0.25) is 10.0 Å². The minimum atomic E-state index is -4.34. The SMILES string of the molecule is CC[C@H](C(=O)NC(C)C)N(Cc1c(Cl)cccc1Cl)C(=O)CN(c1cc(C)cc(C)c1)S(=O)(=O)c1ccc(OC)c(OC)c1. The van der Waals surface area contributed by atoms with Crippen LogP contribution < -0.4 is 19.1 Å². The highest BCUT2D eigenvalue weighted by molar-refractivity contribution is 7.92. The van der Waals surface area contributed by atoms with E-state index in [2.05, 4.69) is 5.32 Å². The molecule has 0 aliphatic heterocycles. The van der Waals surface area contributed by atoms with Gasteiger partial charge in [-0.2, -0.15) is 0 Å². The second-order valence-corrected chi connectivity index (χ2v) is 13.4. The van der Waals surface area contributed by atoms with Crippen LogP contribution in [0, 0.1) is 13.8 Å². The second kappa shape index (κ2) is 15.0. The van der Waals surface area contributed by atoms with Crippen LogP contribution in [0.4, 0.5) is 5.69 Å². The maximum atomic E-state index is 14.3. The zero-order valence-corrected chi connectivity index (χ0v) is 28.3. The van der Waals surface area contributed by atoms with Gasteiger partial charge in [0.1, 0.15) is 12.6 Å². The number of carbonyl (C=O) groups is 2. The van der Waals surface area contributed by atoms with Gasteiger partial charge in [-0.05, 0) is 81.6 Å². The molecule has 0 saturated heterocycles. The molecule has 3 aromatic carbocycles. The first-order valence-electron chi connectivity index (χ1n) is 14.1. The van der Waals surface area contributed by atoms with Gasteiger partial charge in [-0.25, -0.2) is 8.42 Å². The number of ether oxygens (including phenoxy) is 2. The molecule has 0 saturated carbocycles. The summed E-state index contributed by atoms with van der Waals surface area (Å²) in [6.07, 6.45) is 0.262. The smallest absolute Gasteiger partial charge is 0.264 e. The van der Waals surface area contributed by atoms with Crippen molar-refractivity contribution in [3.63, 3.8) is 0 Å². The molecule has 0 spiro atoms. The van der Waals surface area contributed by atoms with Crippen LogP contribution in [0.25, 0.3) is 0 Å². The van der Waals surface area contributed by atoms with Gasteiger partial charge in [0.15, 0.2) is 11.5 Å². The van der Waals surface area contributed by atoms with Gasteiger partial charge in [0.2, 0.25) is 11.8 Å². The molecule has 0 radical (unpaired) electrons. The fraction of sp³-hybridized carbons (Fsp3) is 0.375. The van der Waals surface area contributed by atoms with Gasteiger partial charge >= 0.3 is 0 Å². The van der Waals surface area contributed by atoms with E-state index in [1.54, 1.807) is 37.3 Å². The lowest BCUT2D eigenvalue weighted by atomic mass is 10.1. The lowest BCUT2D eigenvalue weighted by Gasteiger charge is -2.34. The van der Waals surface area contributed by atoms with Crippen LogP contribution in [0.1, 0.15) is 43.9 Å². The Morgan fingerprint density at radius 2 is 1.50 bits per heavy atom. The number of halogens is 2. The van der Waals surface area contributed by atoms with E-state index in [9.17, 15) is 18.0 Å². The lowest BCUT2D eigenvalue weighted by molar-refractivity contribution is -0.140. The number of hydrogen-bond acceptors (Lipinski definition) is 6. The monoisotopic (exact) mass is 663 g/mol. The van der Waals surface area contributed by atoms with Crippen molar-refractivity contribution in [2.45, 2.75) is 64.6 Å². The minimum Gasteiger partial charge on any atom is -0.493 e. The van der Waals surface area contributed by atoms with E-state index >= 15 is 0 Å². The summed E-state index contributed by atoms with van der Waals surface area (Å²) in [5.41, 5.74) is 2.35. The summed E-state index contributed by atoms with van der Waals surface area (Å²) in [5, 5.41) is 3.50. The molecule has 0 aliphatic rings. The number of methoxy groups -OCH3 is 2. The predicted octanol–water partition coefficient (Wildman–Crippen LogP) is 6.15.